The molecule has 1 amide bonds. The summed E-state index contributed by atoms with van der Waals surface area (Å²) >= 11 is 0. The summed E-state index contributed by atoms with van der Waals surface area (Å²) in [6.45, 7) is 5.06. The average Bonchev–Trinajstić information content (AvgIpc) is 2.61. The van der Waals surface area contributed by atoms with E-state index >= 15 is 0 Å². The van der Waals surface area contributed by atoms with E-state index in [2.05, 4.69) is 15.2 Å². The van der Waals surface area contributed by atoms with Crippen LogP contribution in [0.25, 0.3) is 0 Å². The molecular weight excluding hydrogens is 306 g/mol. The summed E-state index contributed by atoms with van der Waals surface area (Å²) in [4.78, 5) is 18.5. The molecule has 126 valence electrons. The van der Waals surface area contributed by atoms with Gasteiger partial charge in [-0.05, 0) is 36.8 Å². The molecule has 24 heavy (non-hydrogen) atoms. The van der Waals surface area contributed by atoms with Crippen LogP contribution in [0.15, 0.2) is 42.6 Å². The maximum atomic E-state index is 12.0. The number of nitrogens with zero attached hydrogens (tertiary/aromatic N) is 2. The summed E-state index contributed by atoms with van der Waals surface area (Å²) in [7, 11) is 0. The SMILES string of the molecule is Cc1cccc(OCC(=O)Nc2ccc(N3CCOCC3)nc2)c1. The van der Waals surface area contributed by atoms with Crippen molar-refractivity contribution in [3.05, 3.63) is 48.2 Å². The standard InChI is InChI=1S/C18H21N3O3/c1-14-3-2-4-16(11-14)24-13-18(22)20-15-5-6-17(19-12-15)21-7-9-23-10-8-21/h2-6,11-12H,7-10,13H2,1H3,(H,20,22). The van der Waals surface area contributed by atoms with E-state index in [0.717, 1.165) is 37.7 Å². The molecule has 6 nitrogen and oxygen atoms in total. The number of morpholine rings is 1. The van der Waals surface area contributed by atoms with Crippen molar-refractivity contribution in [2.24, 2.45) is 0 Å². The number of rotatable bonds is 5. The number of amides is 1. The third-order valence-corrected chi connectivity index (χ3v) is 3.73. The summed E-state index contributed by atoms with van der Waals surface area (Å²) in [5.41, 5.74) is 1.75. The summed E-state index contributed by atoms with van der Waals surface area (Å²) in [6.07, 6.45) is 1.66. The largest absolute Gasteiger partial charge is 0.484 e. The number of benzene rings is 1. The van der Waals surface area contributed by atoms with Crippen LogP contribution in [0, 0.1) is 6.92 Å². The number of carbonyl (C=O) groups excluding carboxylic acids is 1. The normalized spacial score (nSPS) is 14.3. The highest BCUT2D eigenvalue weighted by Gasteiger charge is 2.12. The van der Waals surface area contributed by atoms with Crippen LogP contribution in [0.1, 0.15) is 5.56 Å². The van der Waals surface area contributed by atoms with Crippen molar-refractivity contribution in [3.63, 3.8) is 0 Å². The first kappa shape index (κ1) is 16.3. The van der Waals surface area contributed by atoms with E-state index in [4.69, 9.17) is 9.47 Å². The van der Waals surface area contributed by atoms with Crippen LogP contribution in [-0.4, -0.2) is 43.8 Å². The van der Waals surface area contributed by atoms with Gasteiger partial charge in [-0.1, -0.05) is 12.1 Å². The quantitative estimate of drug-likeness (QED) is 0.912. The Balaban J connectivity index is 1.50. The Morgan fingerprint density at radius 1 is 1.29 bits per heavy atom. The van der Waals surface area contributed by atoms with Crippen LogP contribution in [0.2, 0.25) is 0 Å². The van der Waals surface area contributed by atoms with Crippen molar-refractivity contribution in [2.75, 3.05) is 43.1 Å². The fraction of sp³-hybridized carbons (Fsp3) is 0.333. The van der Waals surface area contributed by atoms with Crippen molar-refractivity contribution >= 4 is 17.4 Å². The molecule has 1 aromatic heterocycles. The lowest BCUT2D eigenvalue weighted by Gasteiger charge is -2.27. The molecule has 1 aliphatic rings. The molecule has 0 radical (unpaired) electrons. The Bertz CT molecular complexity index is 682. The minimum Gasteiger partial charge on any atom is -0.484 e. The number of hydrogen-bond acceptors (Lipinski definition) is 5. The van der Waals surface area contributed by atoms with E-state index in [1.54, 1.807) is 6.20 Å². The number of carbonyl (C=O) groups is 1. The molecule has 2 heterocycles. The van der Waals surface area contributed by atoms with Gasteiger partial charge in [-0.2, -0.15) is 0 Å². The summed E-state index contributed by atoms with van der Waals surface area (Å²) in [5, 5.41) is 2.79. The van der Waals surface area contributed by atoms with Crippen LogP contribution < -0.4 is 15.0 Å². The molecule has 1 aromatic carbocycles. The maximum absolute atomic E-state index is 12.0. The van der Waals surface area contributed by atoms with Gasteiger partial charge in [-0.15, -0.1) is 0 Å². The minimum atomic E-state index is -0.211. The van der Waals surface area contributed by atoms with Crippen molar-refractivity contribution in [1.29, 1.82) is 0 Å². The second-order valence-corrected chi connectivity index (χ2v) is 5.66. The highest BCUT2D eigenvalue weighted by Crippen LogP contribution is 2.16. The van der Waals surface area contributed by atoms with Gasteiger partial charge in [0.25, 0.3) is 5.91 Å². The lowest BCUT2D eigenvalue weighted by molar-refractivity contribution is -0.118. The van der Waals surface area contributed by atoms with Gasteiger partial charge in [0.15, 0.2) is 6.61 Å². The molecule has 1 fully saturated rings. The van der Waals surface area contributed by atoms with Gasteiger partial charge >= 0.3 is 0 Å². The Labute approximate surface area is 141 Å². The molecule has 1 aliphatic heterocycles. The van der Waals surface area contributed by atoms with E-state index < -0.39 is 0 Å². The lowest BCUT2D eigenvalue weighted by Crippen LogP contribution is -2.36. The van der Waals surface area contributed by atoms with E-state index in [-0.39, 0.29) is 12.5 Å². The number of ether oxygens (including phenoxy) is 2. The molecule has 0 unspecified atom stereocenters. The third kappa shape index (κ3) is 4.45. The van der Waals surface area contributed by atoms with E-state index in [9.17, 15) is 4.79 Å². The Morgan fingerprint density at radius 3 is 2.83 bits per heavy atom. The van der Waals surface area contributed by atoms with E-state index in [0.29, 0.717) is 11.4 Å². The molecule has 6 heteroatoms. The predicted molar refractivity (Wildman–Crippen MR) is 92.6 cm³/mol. The predicted octanol–water partition coefficient (Wildman–Crippen LogP) is 2.24. The van der Waals surface area contributed by atoms with Gasteiger partial charge in [0.1, 0.15) is 11.6 Å². The fourth-order valence-corrected chi connectivity index (χ4v) is 2.49. The number of aryl methyl sites for hydroxylation is 1. The third-order valence-electron chi connectivity index (χ3n) is 3.73. The van der Waals surface area contributed by atoms with Crippen molar-refractivity contribution in [1.82, 2.24) is 4.98 Å². The Kier molecular flexibility index (Phi) is 5.28. The number of pyridine rings is 1. The van der Waals surface area contributed by atoms with Crippen molar-refractivity contribution in [2.45, 2.75) is 6.92 Å². The van der Waals surface area contributed by atoms with E-state index in [1.165, 1.54) is 0 Å². The first-order valence-electron chi connectivity index (χ1n) is 7.99. The molecule has 2 aromatic rings. The number of hydrogen-bond donors (Lipinski definition) is 1. The van der Waals surface area contributed by atoms with Crippen LogP contribution in [0.5, 0.6) is 5.75 Å². The van der Waals surface area contributed by atoms with Crippen LogP contribution in [0.3, 0.4) is 0 Å². The first-order chi connectivity index (χ1) is 11.7. The zero-order chi connectivity index (χ0) is 16.8. The summed E-state index contributed by atoms with van der Waals surface area (Å²) in [6, 6.07) is 11.4. The molecule has 1 saturated heterocycles. The van der Waals surface area contributed by atoms with Gasteiger partial charge in [0, 0.05) is 13.1 Å². The highest BCUT2D eigenvalue weighted by molar-refractivity contribution is 5.91. The van der Waals surface area contributed by atoms with Gasteiger partial charge in [-0.3, -0.25) is 4.79 Å². The topological polar surface area (TPSA) is 63.7 Å². The van der Waals surface area contributed by atoms with Gasteiger partial charge in [0.2, 0.25) is 0 Å². The molecule has 0 aliphatic carbocycles. The maximum Gasteiger partial charge on any atom is 0.262 e. The minimum absolute atomic E-state index is 0.0331. The smallest absolute Gasteiger partial charge is 0.262 e. The Hall–Kier alpha value is -2.60. The highest BCUT2D eigenvalue weighted by atomic mass is 16.5. The monoisotopic (exact) mass is 327 g/mol. The summed E-state index contributed by atoms with van der Waals surface area (Å²) < 4.78 is 10.8. The zero-order valence-corrected chi connectivity index (χ0v) is 13.7. The molecule has 0 atom stereocenters. The second-order valence-electron chi connectivity index (χ2n) is 5.66. The molecule has 0 spiro atoms. The lowest BCUT2D eigenvalue weighted by atomic mass is 10.2. The van der Waals surface area contributed by atoms with Crippen LogP contribution >= 0.6 is 0 Å². The number of nitrogens with one attached hydrogen (secondary N) is 1. The summed E-state index contributed by atoms with van der Waals surface area (Å²) in [5.74, 6) is 1.37. The molecule has 0 bridgehead atoms. The van der Waals surface area contributed by atoms with Crippen molar-refractivity contribution < 1.29 is 14.3 Å². The number of anilines is 2. The number of aromatic nitrogens is 1. The second kappa shape index (κ2) is 7.79. The van der Waals surface area contributed by atoms with Crippen LogP contribution in [-0.2, 0) is 9.53 Å². The van der Waals surface area contributed by atoms with Crippen molar-refractivity contribution in [3.8, 4) is 5.75 Å². The molecule has 3 rings (SSSR count). The van der Waals surface area contributed by atoms with Gasteiger partial charge in [-0.25, -0.2) is 4.98 Å². The van der Waals surface area contributed by atoms with Gasteiger partial charge < -0.3 is 19.7 Å². The first-order valence-corrected chi connectivity index (χ1v) is 7.99. The molecular formula is C18H21N3O3. The average molecular weight is 327 g/mol. The van der Waals surface area contributed by atoms with Crippen LogP contribution in [0.4, 0.5) is 11.5 Å². The Morgan fingerprint density at radius 2 is 2.12 bits per heavy atom. The molecule has 0 saturated carbocycles. The van der Waals surface area contributed by atoms with E-state index in [1.807, 2.05) is 43.3 Å². The molecule has 1 N–H and O–H groups in total. The fourth-order valence-electron chi connectivity index (χ4n) is 2.49. The van der Waals surface area contributed by atoms with Gasteiger partial charge in [0.05, 0.1) is 25.1 Å². The zero-order valence-electron chi connectivity index (χ0n) is 13.7.